The molecule has 0 spiro atoms. The van der Waals surface area contributed by atoms with Gasteiger partial charge in [-0.15, -0.1) is 0 Å². The highest BCUT2D eigenvalue weighted by molar-refractivity contribution is 5.94. The van der Waals surface area contributed by atoms with Gasteiger partial charge in [-0.3, -0.25) is 9.59 Å². The minimum Gasteiger partial charge on any atom is -0.508 e. The second-order valence-electron chi connectivity index (χ2n) is 10.3. The van der Waals surface area contributed by atoms with Crippen molar-refractivity contribution in [3.63, 3.8) is 0 Å². The zero-order valence-electron chi connectivity index (χ0n) is 23.8. The minimum atomic E-state index is -1.05. The highest BCUT2D eigenvalue weighted by Gasteiger charge is 2.37. The number of amides is 1. The quantitative estimate of drug-likeness (QED) is 0.182. The highest BCUT2D eigenvalue weighted by Crippen LogP contribution is 2.31. The van der Waals surface area contributed by atoms with Gasteiger partial charge < -0.3 is 20.3 Å². The highest BCUT2D eigenvalue weighted by atomic mass is 16.5. The Balaban J connectivity index is 1.53. The summed E-state index contributed by atoms with van der Waals surface area (Å²) in [5.41, 5.74) is 3.28. The summed E-state index contributed by atoms with van der Waals surface area (Å²) in [5.74, 6) is -0.0106. The number of aryl methyl sites for hydroxylation is 1. The maximum Gasteiger partial charge on any atom is 0.310 e. The number of anilines is 1. The van der Waals surface area contributed by atoms with Gasteiger partial charge in [-0.2, -0.15) is 0 Å². The first-order chi connectivity index (χ1) is 19.2. The van der Waals surface area contributed by atoms with Gasteiger partial charge in [0.15, 0.2) is 0 Å². The van der Waals surface area contributed by atoms with Crippen LogP contribution in [0.2, 0.25) is 0 Å². The molecule has 0 aliphatic heterocycles. The average molecular weight is 545 g/mol. The van der Waals surface area contributed by atoms with E-state index in [9.17, 15) is 19.8 Å². The molecule has 0 fully saturated rings. The number of carboxylic acid groups (broad SMARTS) is 1. The lowest BCUT2D eigenvalue weighted by atomic mass is 9.79. The van der Waals surface area contributed by atoms with E-state index in [2.05, 4.69) is 17.2 Å². The zero-order chi connectivity index (χ0) is 29.1. The van der Waals surface area contributed by atoms with Gasteiger partial charge in [-0.25, -0.2) is 4.98 Å². The molecule has 7 nitrogen and oxygen atoms in total. The first-order valence-electron chi connectivity index (χ1n) is 13.9. The molecule has 1 unspecified atom stereocenters. The Kier molecular flexibility index (Phi) is 10.9. The molecule has 40 heavy (non-hydrogen) atoms. The molecule has 1 aromatic heterocycles. The fraction of sp³-hybridized carbons (Fsp3) is 0.364. The molecule has 2 aromatic carbocycles. The summed E-state index contributed by atoms with van der Waals surface area (Å²) >= 11 is 0. The van der Waals surface area contributed by atoms with Crippen LogP contribution in [0.5, 0.6) is 11.6 Å². The third kappa shape index (κ3) is 8.43. The number of rotatable bonds is 14. The minimum absolute atomic E-state index is 0.0680. The molecule has 0 aliphatic carbocycles. The van der Waals surface area contributed by atoms with Crippen molar-refractivity contribution in [2.75, 3.05) is 11.9 Å². The number of pyridine rings is 1. The van der Waals surface area contributed by atoms with Gasteiger partial charge in [0, 0.05) is 18.2 Å². The van der Waals surface area contributed by atoms with E-state index in [4.69, 9.17) is 4.74 Å². The van der Waals surface area contributed by atoms with Crippen LogP contribution in [0.15, 0.2) is 60.7 Å². The molecular formula is C33H40N2O5. The Morgan fingerprint density at radius 1 is 1.05 bits per heavy atom. The van der Waals surface area contributed by atoms with Crippen LogP contribution in [0.1, 0.15) is 81.2 Å². The zero-order valence-corrected chi connectivity index (χ0v) is 23.8. The van der Waals surface area contributed by atoms with Crippen molar-refractivity contribution in [1.82, 2.24) is 4.98 Å². The van der Waals surface area contributed by atoms with Gasteiger partial charge in [-0.05, 0) is 85.6 Å². The molecule has 1 heterocycles. The maximum absolute atomic E-state index is 12.6. The number of aromatic nitrogens is 1. The van der Waals surface area contributed by atoms with Crippen LogP contribution in [0.25, 0.3) is 12.2 Å². The molecule has 0 saturated heterocycles. The summed E-state index contributed by atoms with van der Waals surface area (Å²) < 4.78 is 5.89. The molecule has 212 valence electrons. The van der Waals surface area contributed by atoms with E-state index in [0.717, 1.165) is 29.7 Å². The number of phenolic OH excluding ortho intramolecular Hbond substituents is 1. The Morgan fingerprint density at radius 3 is 2.50 bits per heavy atom. The summed E-state index contributed by atoms with van der Waals surface area (Å²) in [6.07, 6.45) is 6.35. The largest absolute Gasteiger partial charge is 0.508 e. The fourth-order valence-electron chi connectivity index (χ4n) is 4.61. The van der Waals surface area contributed by atoms with Gasteiger partial charge in [0.25, 0.3) is 0 Å². The fourth-order valence-corrected chi connectivity index (χ4v) is 4.61. The summed E-state index contributed by atoms with van der Waals surface area (Å²) in [4.78, 5) is 28.9. The lowest BCUT2D eigenvalue weighted by molar-refractivity contribution is -0.151. The van der Waals surface area contributed by atoms with Crippen molar-refractivity contribution in [3.05, 3.63) is 83.0 Å². The Bertz CT molecular complexity index is 1330. The first kappa shape index (κ1) is 30.4. The van der Waals surface area contributed by atoms with Crippen molar-refractivity contribution in [1.29, 1.82) is 0 Å². The van der Waals surface area contributed by atoms with Crippen molar-refractivity contribution in [2.24, 2.45) is 5.41 Å². The Morgan fingerprint density at radius 2 is 1.80 bits per heavy atom. The molecule has 0 aliphatic rings. The number of carbonyl (C=O) groups excluding carboxylic acids is 1. The van der Waals surface area contributed by atoms with E-state index in [1.807, 2.05) is 67.6 Å². The Hall–Kier alpha value is -4.13. The number of carbonyl (C=O) groups is 2. The summed E-state index contributed by atoms with van der Waals surface area (Å²) in [5, 5.41) is 22.2. The second kappa shape index (κ2) is 14.3. The molecule has 3 rings (SSSR count). The number of nitrogens with zero attached hydrogens (tertiary/aromatic N) is 1. The molecule has 3 aromatic rings. The second-order valence-corrected chi connectivity index (χ2v) is 10.3. The van der Waals surface area contributed by atoms with Crippen LogP contribution < -0.4 is 10.1 Å². The van der Waals surface area contributed by atoms with E-state index >= 15 is 0 Å². The van der Waals surface area contributed by atoms with E-state index in [0.29, 0.717) is 42.7 Å². The summed E-state index contributed by atoms with van der Waals surface area (Å²) in [6.45, 7) is 8.23. The predicted molar refractivity (Wildman–Crippen MR) is 159 cm³/mol. The van der Waals surface area contributed by atoms with Crippen molar-refractivity contribution < 1.29 is 24.5 Å². The van der Waals surface area contributed by atoms with Crippen LogP contribution >= 0.6 is 0 Å². The molecule has 0 radical (unpaired) electrons. The average Bonchev–Trinajstić information content (AvgIpc) is 2.94. The topological polar surface area (TPSA) is 109 Å². The molecule has 7 heteroatoms. The number of aliphatic carboxylic acids is 1. The number of carboxylic acids is 1. The number of phenols is 1. The van der Waals surface area contributed by atoms with Crippen molar-refractivity contribution in [2.45, 2.75) is 65.7 Å². The van der Waals surface area contributed by atoms with E-state index < -0.39 is 11.4 Å². The van der Waals surface area contributed by atoms with Crippen LogP contribution in [0.4, 0.5) is 5.69 Å². The molecule has 3 N–H and O–H groups in total. The summed E-state index contributed by atoms with van der Waals surface area (Å²) in [6, 6.07) is 18.8. The van der Waals surface area contributed by atoms with Gasteiger partial charge >= 0.3 is 5.97 Å². The molecule has 1 amide bonds. The number of hydrogen-bond acceptors (Lipinski definition) is 5. The van der Waals surface area contributed by atoms with E-state index in [-0.39, 0.29) is 12.3 Å². The first-order valence-corrected chi connectivity index (χ1v) is 13.9. The number of aromatic hydroxyl groups is 1. The number of hydrogen-bond donors (Lipinski definition) is 3. The predicted octanol–water partition coefficient (Wildman–Crippen LogP) is 7.45. The van der Waals surface area contributed by atoms with Gasteiger partial charge in [0.2, 0.25) is 11.8 Å². The van der Waals surface area contributed by atoms with Crippen LogP contribution in [0.3, 0.4) is 0 Å². The number of benzene rings is 2. The monoisotopic (exact) mass is 544 g/mol. The van der Waals surface area contributed by atoms with Crippen LogP contribution in [-0.2, 0) is 9.59 Å². The number of ether oxygens (including phenoxy) is 1. The van der Waals surface area contributed by atoms with Gasteiger partial charge in [0.1, 0.15) is 5.75 Å². The normalized spacial score (nSPS) is 12.3. The SMILES string of the molecule is CCC(CC)(CC(=O)Nc1cccc(C=Cc2cccc(OCCCC(C)c3ccc(O)c(C)c3)n2)c1)C(=O)O. The third-order valence-electron chi connectivity index (χ3n) is 7.49. The molecule has 0 bridgehead atoms. The van der Waals surface area contributed by atoms with Crippen molar-refractivity contribution >= 4 is 29.7 Å². The van der Waals surface area contributed by atoms with Crippen LogP contribution in [0, 0.1) is 12.3 Å². The van der Waals surface area contributed by atoms with Crippen molar-refractivity contribution in [3.8, 4) is 11.6 Å². The van der Waals surface area contributed by atoms with Gasteiger partial charge in [-0.1, -0.05) is 57.2 Å². The maximum atomic E-state index is 12.6. The number of nitrogens with one attached hydrogen (secondary N) is 1. The van der Waals surface area contributed by atoms with Crippen LogP contribution in [-0.4, -0.2) is 33.7 Å². The smallest absolute Gasteiger partial charge is 0.310 e. The van der Waals surface area contributed by atoms with E-state index in [1.54, 1.807) is 26.0 Å². The third-order valence-corrected chi connectivity index (χ3v) is 7.49. The van der Waals surface area contributed by atoms with E-state index in [1.165, 1.54) is 5.56 Å². The molecular weight excluding hydrogens is 504 g/mol. The summed E-state index contributed by atoms with van der Waals surface area (Å²) in [7, 11) is 0. The van der Waals surface area contributed by atoms with Gasteiger partial charge in [0.05, 0.1) is 17.7 Å². The lowest BCUT2D eigenvalue weighted by Crippen LogP contribution is -2.34. The lowest BCUT2D eigenvalue weighted by Gasteiger charge is -2.25. The Labute approximate surface area is 236 Å². The molecule has 1 atom stereocenters. The standard InChI is InChI=1S/C33H40N2O5/c1-5-33(6-2,32(38)39)22-30(37)34-28-13-7-11-25(21-28)15-17-27-12-8-14-31(35-27)40-19-9-10-23(3)26-16-18-29(36)24(4)20-26/h7-8,11-18,20-21,23,36H,5-6,9-10,19,22H2,1-4H3,(H,34,37)(H,38,39). The molecule has 0 saturated carbocycles.